The number of hydrazone groups is 1. The van der Waals surface area contributed by atoms with Crippen molar-refractivity contribution in [3.63, 3.8) is 0 Å². The van der Waals surface area contributed by atoms with Gasteiger partial charge in [-0.2, -0.15) is 5.10 Å². The molecular weight excluding hydrogens is 549 g/mol. The molecule has 0 aliphatic heterocycles. The number of nitrogens with zero attached hydrogens (tertiary/aromatic N) is 2. The summed E-state index contributed by atoms with van der Waals surface area (Å²) in [6.45, 7) is 1.57. The second-order valence-electron chi connectivity index (χ2n) is 7.84. The van der Waals surface area contributed by atoms with Gasteiger partial charge in [0.1, 0.15) is 23.8 Å². The number of nitrogens with one attached hydrogen (secondary N) is 1. The lowest BCUT2D eigenvalue weighted by Gasteiger charge is -2.25. The van der Waals surface area contributed by atoms with Crippen LogP contribution in [0.3, 0.4) is 0 Å². The highest BCUT2D eigenvalue weighted by Gasteiger charge is 2.29. The number of benzene rings is 3. The number of ether oxygens (including phenoxy) is 1. The lowest BCUT2D eigenvalue weighted by molar-refractivity contribution is -0.119. The first kappa shape index (κ1) is 27.3. The Hall–Kier alpha value is -3.79. The van der Waals surface area contributed by atoms with E-state index in [1.165, 1.54) is 18.3 Å². The number of carbonyl (C=O) groups is 1. The van der Waals surface area contributed by atoms with Crippen LogP contribution in [0.15, 0.2) is 99.3 Å². The van der Waals surface area contributed by atoms with E-state index < -0.39 is 22.5 Å². The Bertz CT molecular complexity index is 1560. The van der Waals surface area contributed by atoms with E-state index in [0.29, 0.717) is 39.5 Å². The van der Waals surface area contributed by atoms with Crippen LogP contribution in [-0.4, -0.2) is 33.7 Å². The first-order valence-corrected chi connectivity index (χ1v) is 13.7. The zero-order chi connectivity index (χ0) is 27.1. The molecule has 3 aromatic carbocycles. The van der Waals surface area contributed by atoms with Crippen LogP contribution < -0.4 is 14.5 Å². The average Bonchev–Trinajstić information content (AvgIpc) is 3.37. The molecule has 0 bridgehead atoms. The van der Waals surface area contributed by atoms with Crippen LogP contribution in [0.25, 0.3) is 11.3 Å². The summed E-state index contributed by atoms with van der Waals surface area (Å²) in [5.74, 6) is 0.503. The Morgan fingerprint density at radius 3 is 2.50 bits per heavy atom. The molecule has 0 aliphatic rings. The van der Waals surface area contributed by atoms with Gasteiger partial charge in [0, 0.05) is 10.6 Å². The number of anilines is 1. The summed E-state index contributed by atoms with van der Waals surface area (Å²) in [5.41, 5.74) is 3.23. The molecule has 1 aromatic heterocycles. The Balaban J connectivity index is 1.53. The van der Waals surface area contributed by atoms with E-state index in [1.54, 1.807) is 79.7 Å². The van der Waals surface area contributed by atoms with Crippen LogP contribution in [0.5, 0.6) is 5.75 Å². The summed E-state index contributed by atoms with van der Waals surface area (Å²) < 4.78 is 39.4. The maximum atomic E-state index is 13.5. The predicted octanol–water partition coefficient (Wildman–Crippen LogP) is 6.00. The van der Waals surface area contributed by atoms with Crippen molar-refractivity contribution in [2.24, 2.45) is 5.10 Å². The second kappa shape index (κ2) is 12.2. The molecule has 4 aromatic rings. The number of hydrogen-bond acceptors (Lipinski definition) is 6. The van der Waals surface area contributed by atoms with E-state index in [4.69, 9.17) is 32.4 Å². The lowest BCUT2D eigenvalue weighted by atomic mass is 10.2. The van der Waals surface area contributed by atoms with Gasteiger partial charge >= 0.3 is 0 Å². The summed E-state index contributed by atoms with van der Waals surface area (Å²) in [4.78, 5) is 12.9. The SMILES string of the molecule is CCOc1ccccc1N(CC(=O)N/N=C/c1ccc(-c2ccc(Cl)cc2Cl)o1)S(=O)(=O)c1ccccc1. The largest absolute Gasteiger partial charge is 0.492 e. The maximum Gasteiger partial charge on any atom is 0.264 e. The average molecular weight is 572 g/mol. The molecule has 8 nitrogen and oxygen atoms in total. The molecule has 1 heterocycles. The third-order valence-electron chi connectivity index (χ3n) is 5.26. The van der Waals surface area contributed by atoms with Crippen LogP contribution in [0.1, 0.15) is 12.7 Å². The van der Waals surface area contributed by atoms with E-state index in [2.05, 4.69) is 10.5 Å². The van der Waals surface area contributed by atoms with Crippen LogP contribution in [-0.2, 0) is 14.8 Å². The molecule has 0 fully saturated rings. The van der Waals surface area contributed by atoms with Gasteiger partial charge in [0.2, 0.25) is 0 Å². The molecule has 0 aliphatic carbocycles. The molecule has 1 N–H and O–H groups in total. The molecule has 0 spiro atoms. The number of furan rings is 1. The normalized spacial score (nSPS) is 11.4. The molecular formula is C27H23Cl2N3O5S. The Morgan fingerprint density at radius 1 is 1.03 bits per heavy atom. The van der Waals surface area contributed by atoms with E-state index in [0.717, 1.165) is 4.31 Å². The van der Waals surface area contributed by atoms with Gasteiger partial charge in [0.25, 0.3) is 15.9 Å². The van der Waals surface area contributed by atoms with E-state index >= 15 is 0 Å². The lowest BCUT2D eigenvalue weighted by Crippen LogP contribution is -2.39. The van der Waals surface area contributed by atoms with Crippen molar-refractivity contribution in [3.8, 4) is 17.1 Å². The first-order valence-electron chi connectivity index (χ1n) is 11.5. The molecule has 0 saturated carbocycles. The van der Waals surface area contributed by atoms with Gasteiger partial charge in [0.05, 0.1) is 28.4 Å². The molecule has 1 amide bonds. The van der Waals surface area contributed by atoms with Crippen LogP contribution in [0, 0.1) is 0 Å². The van der Waals surface area contributed by atoms with Crippen LogP contribution in [0.4, 0.5) is 5.69 Å². The van der Waals surface area contributed by atoms with E-state index in [9.17, 15) is 13.2 Å². The minimum atomic E-state index is -4.10. The fraction of sp³-hybridized carbons (Fsp3) is 0.111. The number of hydrogen-bond donors (Lipinski definition) is 1. The maximum absolute atomic E-state index is 13.5. The molecule has 0 atom stereocenters. The Labute approximate surface area is 230 Å². The van der Waals surface area contributed by atoms with Crippen molar-refractivity contribution in [3.05, 3.63) is 101 Å². The van der Waals surface area contributed by atoms with Gasteiger partial charge in [-0.3, -0.25) is 9.10 Å². The van der Waals surface area contributed by atoms with Crippen molar-refractivity contribution in [2.45, 2.75) is 11.8 Å². The number of rotatable bonds is 10. The highest BCUT2D eigenvalue weighted by molar-refractivity contribution is 7.92. The molecule has 0 radical (unpaired) electrons. The molecule has 4 rings (SSSR count). The van der Waals surface area contributed by atoms with E-state index in [-0.39, 0.29) is 10.6 Å². The third-order valence-corrected chi connectivity index (χ3v) is 7.58. The highest BCUT2D eigenvalue weighted by Crippen LogP contribution is 2.33. The number of sulfonamides is 1. The quantitative estimate of drug-likeness (QED) is 0.186. The highest BCUT2D eigenvalue weighted by atomic mass is 35.5. The summed E-state index contributed by atoms with van der Waals surface area (Å²) in [5, 5.41) is 4.85. The topological polar surface area (TPSA) is 101 Å². The number of para-hydroxylation sites is 2. The summed E-state index contributed by atoms with van der Waals surface area (Å²) >= 11 is 12.2. The fourth-order valence-electron chi connectivity index (χ4n) is 3.55. The summed E-state index contributed by atoms with van der Waals surface area (Å²) in [6.07, 6.45) is 1.30. The number of carbonyl (C=O) groups excluding carboxylic acids is 1. The van der Waals surface area contributed by atoms with Gasteiger partial charge in [-0.05, 0) is 61.5 Å². The van der Waals surface area contributed by atoms with Crippen molar-refractivity contribution in [1.29, 1.82) is 0 Å². The molecule has 38 heavy (non-hydrogen) atoms. The monoisotopic (exact) mass is 571 g/mol. The Kier molecular flexibility index (Phi) is 8.73. The molecule has 11 heteroatoms. The minimum Gasteiger partial charge on any atom is -0.492 e. The van der Waals surface area contributed by atoms with Gasteiger partial charge in [-0.25, -0.2) is 13.8 Å². The zero-order valence-electron chi connectivity index (χ0n) is 20.2. The van der Waals surface area contributed by atoms with Crippen molar-refractivity contribution in [2.75, 3.05) is 17.5 Å². The van der Waals surface area contributed by atoms with Gasteiger partial charge < -0.3 is 9.15 Å². The predicted molar refractivity (Wildman–Crippen MR) is 148 cm³/mol. The van der Waals surface area contributed by atoms with Crippen LogP contribution >= 0.6 is 23.2 Å². The standard InChI is InChI=1S/C27H23Cl2N3O5S/c1-2-36-26-11-7-6-10-24(26)32(38(34,35)21-8-4-3-5-9-21)18-27(33)31-30-17-20-13-15-25(37-20)22-14-12-19(28)16-23(22)29/h3-17H,2,18H2,1H3,(H,31,33)/b30-17+. The van der Waals surface area contributed by atoms with Crippen molar-refractivity contribution >= 4 is 51.0 Å². The summed E-state index contributed by atoms with van der Waals surface area (Å²) in [7, 11) is -4.10. The fourth-order valence-corrected chi connectivity index (χ4v) is 5.50. The third kappa shape index (κ3) is 6.36. The van der Waals surface area contributed by atoms with Crippen molar-refractivity contribution in [1.82, 2.24) is 5.43 Å². The van der Waals surface area contributed by atoms with Gasteiger partial charge in [-0.1, -0.05) is 53.5 Å². The summed E-state index contributed by atoms with van der Waals surface area (Å²) in [6, 6.07) is 22.9. The van der Waals surface area contributed by atoms with Crippen molar-refractivity contribution < 1.29 is 22.4 Å². The van der Waals surface area contributed by atoms with Crippen LogP contribution in [0.2, 0.25) is 10.0 Å². The number of amides is 1. The minimum absolute atomic E-state index is 0.0339. The smallest absolute Gasteiger partial charge is 0.264 e. The Morgan fingerprint density at radius 2 is 1.76 bits per heavy atom. The number of halogens is 2. The molecule has 0 unspecified atom stereocenters. The molecule has 196 valence electrons. The first-order chi connectivity index (χ1) is 18.3. The zero-order valence-corrected chi connectivity index (χ0v) is 22.5. The van der Waals surface area contributed by atoms with Gasteiger partial charge in [-0.15, -0.1) is 0 Å². The molecule has 0 saturated heterocycles. The van der Waals surface area contributed by atoms with Gasteiger partial charge in [0.15, 0.2) is 0 Å². The second-order valence-corrected chi connectivity index (χ2v) is 10.6. The van der Waals surface area contributed by atoms with E-state index in [1.807, 2.05) is 0 Å².